The Hall–Kier alpha value is -0.970. The zero-order valence-electron chi connectivity index (χ0n) is 5.20. The first-order chi connectivity index (χ1) is 4.34. The highest BCUT2D eigenvalue weighted by molar-refractivity contribution is 4.84. The molecule has 1 aromatic heterocycles. The van der Waals surface area contributed by atoms with E-state index in [-0.39, 0.29) is 6.04 Å². The van der Waals surface area contributed by atoms with Gasteiger partial charge in [-0.05, 0) is 6.42 Å². The van der Waals surface area contributed by atoms with Crippen LogP contribution < -0.4 is 5.73 Å². The van der Waals surface area contributed by atoms with Crippen molar-refractivity contribution in [3.05, 3.63) is 5.82 Å². The molecule has 1 heterocycles. The van der Waals surface area contributed by atoms with E-state index in [1.54, 1.807) is 0 Å². The number of nitrogens with zero attached hydrogens (tertiary/aromatic N) is 3. The minimum atomic E-state index is -0.0799. The van der Waals surface area contributed by atoms with Crippen molar-refractivity contribution in [3.63, 3.8) is 0 Å². The fraction of sp³-hybridized carbons (Fsp3) is 0.750. The number of nitrogens with one attached hydrogen (secondary N) is 1. The second-order valence-corrected chi connectivity index (χ2v) is 1.78. The molecule has 1 atom stereocenters. The molecule has 1 aromatic rings. The molecule has 0 spiro atoms. The number of H-pyrrole nitrogens is 1. The van der Waals surface area contributed by atoms with Crippen LogP contribution in [0.4, 0.5) is 0 Å². The van der Waals surface area contributed by atoms with E-state index in [0.717, 1.165) is 6.42 Å². The van der Waals surface area contributed by atoms with Gasteiger partial charge in [-0.3, -0.25) is 0 Å². The third-order valence-electron chi connectivity index (χ3n) is 1.13. The quantitative estimate of drug-likeness (QED) is 0.567. The van der Waals surface area contributed by atoms with Crippen molar-refractivity contribution in [2.75, 3.05) is 0 Å². The van der Waals surface area contributed by atoms with Crippen molar-refractivity contribution in [3.8, 4) is 0 Å². The molecule has 0 aliphatic carbocycles. The van der Waals surface area contributed by atoms with Gasteiger partial charge in [0, 0.05) is 0 Å². The highest BCUT2D eigenvalue weighted by Gasteiger charge is 2.05. The van der Waals surface area contributed by atoms with E-state index in [9.17, 15) is 0 Å². The first-order valence-corrected chi connectivity index (χ1v) is 2.83. The van der Waals surface area contributed by atoms with Crippen molar-refractivity contribution in [1.82, 2.24) is 20.6 Å². The molecule has 0 amide bonds. The fourth-order valence-corrected chi connectivity index (χ4v) is 0.509. The van der Waals surface area contributed by atoms with Gasteiger partial charge in [0.2, 0.25) is 0 Å². The third-order valence-corrected chi connectivity index (χ3v) is 1.13. The Balaban J connectivity index is 2.65. The normalized spacial score (nSPS) is 13.6. The lowest BCUT2D eigenvalue weighted by atomic mass is 10.2. The standard InChI is InChI=1S/C4H9N5/c1-2-3(5)4-6-8-9-7-4/h3H,2,5H2,1H3,(H,6,7,8,9)/t3-/m0/s1. The summed E-state index contributed by atoms with van der Waals surface area (Å²) in [5.74, 6) is 0.581. The summed E-state index contributed by atoms with van der Waals surface area (Å²) >= 11 is 0. The lowest BCUT2D eigenvalue weighted by Gasteiger charge is -1.98. The van der Waals surface area contributed by atoms with Gasteiger partial charge >= 0.3 is 0 Å². The summed E-state index contributed by atoms with van der Waals surface area (Å²) in [7, 11) is 0. The van der Waals surface area contributed by atoms with Gasteiger partial charge in [0.25, 0.3) is 0 Å². The van der Waals surface area contributed by atoms with Crippen LogP contribution in [-0.4, -0.2) is 20.6 Å². The molecule has 0 aromatic carbocycles. The number of tetrazole rings is 1. The summed E-state index contributed by atoms with van der Waals surface area (Å²) in [5.41, 5.74) is 5.55. The molecular formula is C4H9N5. The van der Waals surface area contributed by atoms with Crippen LogP contribution >= 0.6 is 0 Å². The van der Waals surface area contributed by atoms with E-state index in [2.05, 4.69) is 20.6 Å². The Labute approximate surface area is 52.6 Å². The molecule has 0 unspecified atom stereocenters. The van der Waals surface area contributed by atoms with Crippen molar-refractivity contribution in [2.24, 2.45) is 5.73 Å². The van der Waals surface area contributed by atoms with Crippen molar-refractivity contribution < 1.29 is 0 Å². The number of aromatic nitrogens is 4. The molecule has 0 aliphatic rings. The maximum Gasteiger partial charge on any atom is 0.191 e. The summed E-state index contributed by atoms with van der Waals surface area (Å²) in [5, 5.41) is 13.1. The van der Waals surface area contributed by atoms with Crippen LogP contribution in [0, 0.1) is 0 Å². The van der Waals surface area contributed by atoms with Crippen LogP contribution in [0.25, 0.3) is 0 Å². The first kappa shape index (κ1) is 6.15. The van der Waals surface area contributed by atoms with Crippen molar-refractivity contribution in [2.45, 2.75) is 19.4 Å². The number of rotatable bonds is 2. The Morgan fingerprint density at radius 2 is 2.56 bits per heavy atom. The van der Waals surface area contributed by atoms with Gasteiger partial charge in [-0.15, -0.1) is 10.2 Å². The first-order valence-electron chi connectivity index (χ1n) is 2.83. The predicted octanol–water partition coefficient (Wildman–Crippen LogP) is -0.391. The largest absolute Gasteiger partial charge is 0.321 e. The molecular weight excluding hydrogens is 118 g/mol. The van der Waals surface area contributed by atoms with Crippen molar-refractivity contribution >= 4 is 0 Å². The fourth-order valence-electron chi connectivity index (χ4n) is 0.509. The maximum absolute atomic E-state index is 5.55. The molecule has 0 saturated carbocycles. The topological polar surface area (TPSA) is 80.5 Å². The smallest absolute Gasteiger partial charge is 0.191 e. The van der Waals surface area contributed by atoms with E-state index >= 15 is 0 Å². The number of aromatic amines is 1. The highest BCUT2D eigenvalue weighted by atomic mass is 15.5. The SMILES string of the molecule is CC[C@H](N)c1nn[nH]n1. The van der Waals surface area contributed by atoms with E-state index in [4.69, 9.17) is 5.73 Å². The minimum Gasteiger partial charge on any atom is -0.321 e. The maximum atomic E-state index is 5.55. The molecule has 0 saturated heterocycles. The van der Waals surface area contributed by atoms with Crippen LogP contribution in [0.1, 0.15) is 25.2 Å². The molecule has 1 rings (SSSR count). The number of nitrogens with two attached hydrogens (primary N) is 1. The number of hydrogen-bond acceptors (Lipinski definition) is 4. The molecule has 5 heteroatoms. The van der Waals surface area contributed by atoms with E-state index in [1.165, 1.54) is 0 Å². The van der Waals surface area contributed by atoms with Crippen molar-refractivity contribution in [1.29, 1.82) is 0 Å². The predicted molar refractivity (Wildman–Crippen MR) is 31.4 cm³/mol. The van der Waals surface area contributed by atoms with Crippen LogP contribution in [-0.2, 0) is 0 Å². The van der Waals surface area contributed by atoms with Crippen LogP contribution in [0.15, 0.2) is 0 Å². The molecule has 0 bridgehead atoms. The second kappa shape index (κ2) is 2.54. The lowest BCUT2D eigenvalue weighted by molar-refractivity contribution is 0.650. The summed E-state index contributed by atoms with van der Waals surface area (Å²) in [6.07, 6.45) is 0.833. The summed E-state index contributed by atoms with van der Waals surface area (Å²) in [6.45, 7) is 1.97. The Bertz CT molecular complexity index is 157. The monoisotopic (exact) mass is 127 g/mol. The molecule has 3 N–H and O–H groups in total. The molecule has 0 aliphatic heterocycles. The molecule has 9 heavy (non-hydrogen) atoms. The average Bonchev–Trinajstić information content (AvgIpc) is 2.37. The molecule has 0 fully saturated rings. The Kier molecular flexibility index (Phi) is 1.74. The highest BCUT2D eigenvalue weighted by Crippen LogP contribution is 2.03. The van der Waals surface area contributed by atoms with E-state index in [1.807, 2.05) is 6.92 Å². The summed E-state index contributed by atoms with van der Waals surface area (Å²) in [6, 6.07) is -0.0799. The molecule has 50 valence electrons. The summed E-state index contributed by atoms with van der Waals surface area (Å²) < 4.78 is 0. The zero-order chi connectivity index (χ0) is 6.69. The van der Waals surface area contributed by atoms with Crippen LogP contribution in [0.5, 0.6) is 0 Å². The minimum absolute atomic E-state index is 0.0799. The van der Waals surface area contributed by atoms with Gasteiger partial charge in [0.1, 0.15) is 0 Å². The molecule has 5 nitrogen and oxygen atoms in total. The van der Waals surface area contributed by atoms with E-state index < -0.39 is 0 Å². The van der Waals surface area contributed by atoms with Gasteiger partial charge in [-0.1, -0.05) is 12.1 Å². The Morgan fingerprint density at radius 3 is 3.00 bits per heavy atom. The second-order valence-electron chi connectivity index (χ2n) is 1.78. The average molecular weight is 127 g/mol. The van der Waals surface area contributed by atoms with Crippen LogP contribution in [0.2, 0.25) is 0 Å². The molecule has 0 radical (unpaired) electrons. The van der Waals surface area contributed by atoms with Crippen LogP contribution in [0.3, 0.4) is 0 Å². The summed E-state index contributed by atoms with van der Waals surface area (Å²) in [4.78, 5) is 0. The third kappa shape index (κ3) is 1.23. The lowest BCUT2D eigenvalue weighted by Crippen LogP contribution is -2.10. The van der Waals surface area contributed by atoms with Gasteiger partial charge in [-0.2, -0.15) is 5.21 Å². The van der Waals surface area contributed by atoms with Gasteiger partial charge in [-0.25, -0.2) is 0 Å². The van der Waals surface area contributed by atoms with Gasteiger partial charge in [0.15, 0.2) is 5.82 Å². The van der Waals surface area contributed by atoms with E-state index in [0.29, 0.717) is 5.82 Å². The van der Waals surface area contributed by atoms with Gasteiger partial charge < -0.3 is 5.73 Å². The number of hydrogen-bond donors (Lipinski definition) is 2. The Morgan fingerprint density at radius 1 is 1.78 bits per heavy atom. The zero-order valence-corrected chi connectivity index (χ0v) is 5.20. The van der Waals surface area contributed by atoms with Gasteiger partial charge in [0.05, 0.1) is 6.04 Å².